The molecule has 170 valence electrons. The third-order valence-electron chi connectivity index (χ3n) is 5.03. The molecule has 0 bridgehead atoms. The summed E-state index contributed by atoms with van der Waals surface area (Å²) in [4.78, 5) is 12.5. The molecule has 0 aliphatic carbocycles. The largest absolute Gasteiger partial charge is 0.497 e. The molecule has 0 aliphatic heterocycles. The number of rotatable bonds is 10. The highest BCUT2D eigenvalue weighted by atomic mass is 32.2. The van der Waals surface area contributed by atoms with E-state index in [2.05, 4.69) is 28.5 Å². The first-order valence-corrected chi connectivity index (χ1v) is 11.2. The van der Waals surface area contributed by atoms with E-state index in [1.54, 1.807) is 32.4 Å². The molecular weight excluding hydrogens is 428 g/mol. The molecule has 2 aromatic carbocycles. The summed E-state index contributed by atoms with van der Waals surface area (Å²) in [5.41, 5.74) is 2.83. The van der Waals surface area contributed by atoms with Crippen molar-refractivity contribution in [3.8, 4) is 17.2 Å². The van der Waals surface area contributed by atoms with Gasteiger partial charge in [0.25, 0.3) is 0 Å². The van der Waals surface area contributed by atoms with E-state index >= 15 is 0 Å². The molecule has 1 N–H and O–H groups in total. The number of carbonyl (C=O) groups excluding carboxylic acids is 1. The molecule has 1 aromatic heterocycles. The molecule has 0 spiro atoms. The van der Waals surface area contributed by atoms with E-state index in [9.17, 15) is 4.79 Å². The predicted molar refractivity (Wildman–Crippen MR) is 125 cm³/mol. The molecule has 3 rings (SSSR count). The third kappa shape index (κ3) is 5.53. The van der Waals surface area contributed by atoms with Crippen LogP contribution in [-0.2, 0) is 17.9 Å². The highest BCUT2D eigenvalue weighted by Crippen LogP contribution is 2.29. The number of methoxy groups -OCH3 is 2. The van der Waals surface area contributed by atoms with Crippen molar-refractivity contribution in [3.63, 3.8) is 0 Å². The number of hydrogen-bond donors (Lipinski definition) is 1. The molecule has 1 heterocycles. The van der Waals surface area contributed by atoms with Gasteiger partial charge >= 0.3 is 0 Å². The van der Waals surface area contributed by atoms with Crippen molar-refractivity contribution >= 4 is 23.4 Å². The van der Waals surface area contributed by atoms with Crippen LogP contribution < -0.4 is 19.5 Å². The van der Waals surface area contributed by atoms with E-state index in [0.717, 1.165) is 11.3 Å². The van der Waals surface area contributed by atoms with Crippen LogP contribution in [0.15, 0.2) is 41.6 Å². The summed E-state index contributed by atoms with van der Waals surface area (Å²) >= 11 is 1.32. The Labute approximate surface area is 192 Å². The van der Waals surface area contributed by atoms with Crippen molar-refractivity contribution in [2.75, 3.05) is 25.3 Å². The second-order valence-electron chi connectivity index (χ2n) is 7.03. The lowest BCUT2D eigenvalue weighted by atomic mass is 10.1. The maximum atomic E-state index is 12.5. The number of aromatic nitrogens is 3. The van der Waals surface area contributed by atoms with Gasteiger partial charge in [0.2, 0.25) is 5.91 Å². The summed E-state index contributed by atoms with van der Waals surface area (Å²) < 4.78 is 18.5. The van der Waals surface area contributed by atoms with Gasteiger partial charge in [0.1, 0.15) is 23.9 Å². The highest BCUT2D eigenvalue weighted by molar-refractivity contribution is 7.99. The summed E-state index contributed by atoms with van der Waals surface area (Å²) in [6.07, 6.45) is 0. The van der Waals surface area contributed by atoms with Gasteiger partial charge in [0.15, 0.2) is 11.0 Å². The second kappa shape index (κ2) is 10.9. The molecule has 0 radical (unpaired) electrons. The van der Waals surface area contributed by atoms with Crippen LogP contribution in [0.25, 0.3) is 0 Å². The number of thioether (sulfide) groups is 1. The van der Waals surface area contributed by atoms with Gasteiger partial charge in [-0.2, -0.15) is 0 Å². The lowest BCUT2D eigenvalue weighted by molar-refractivity contribution is -0.113. The highest BCUT2D eigenvalue weighted by Gasteiger charge is 2.15. The van der Waals surface area contributed by atoms with Gasteiger partial charge in [0.05, 0.1) is 25.7 Å². The minimum Gasteiger partial charge on any atom is -0.497 e. The van der Waals surface area contributed by atoms with Crippen molar-refractivity contribution in [2.24, 2.45) is 0 Å². The molecule has 0 saturated carbocycles. The Morgan fingerprint density at radius 1 is 1.09 bits per heavy atom. The number of anilines is 1. The summed E-state index contributed by atoms with van der Waals surface area (Å²) in [5.74, 6) is 2.73. The van der Waals surface area contributed by atoms with Crippen LogP contribution in [0.5, 0.6) is 17.2 Å². The minimum atomic E-state index is -0.180. The van der Waals surface area contributed by atoms with Crippen molar-refractivity contribution in [2.45, 2.75) is 39.1 Å². The molecule has 0 atom stereocenters. The van der Waals surface area contributed by atoms with Crippen LogP contribution in [0.4, 0.5) is 5.69 Å². The van der Waals surface area contributed by atoms with Gasteiger partial charge < -0.3 is 24.1 Å². The molecule has 0 saturated heterocycles. The number of benzene rings is 2. The first-order chi connectivity index (χ1) is 15.5. The fourth-order valence-electron chi connectivity index (χ4n) is 3.10. The van der Waals surface area contributed by atoms with E-state index in [1.807, 2.05) is 30.5 Å². The number of carbonyl (C=O) groups is 1. The van der Waals surface area contributed by atoms with E-state index in [-0.39, 0.29) is 11.7 Å². The van der Waals surface area contributed by atoms with Crippen LogP contribution in [-0.4, -0.2) is 40.6 Å². The Morgan fingerprint density at radius 2 is 1.91 bits per heavy atom. The minimum absolute atomic E-state index is 0.177. The van der Waals surface area contributed by atoms with Crippen molar-refractivity contribution in [3.05, 3.63) is 53.3 Å². The van der Waals surface area contributed by atoms with Crippen LogP contribution in [0.3, 0.4) is 0 Å². The van der Waals surface area contributed by atoms with Crippen LogP contribution in [0, 0.1) is 13.8 Å². The lowest BCUT2D eigenvalue weighted by Gasteiger charge is -2.12. The SMILES string of the molecule is CCn1c(COc2cccc(C)c2C)nnc1SCC(=O)Nc1cc(OC)ccc1OC. The van der Waals surface area contributed by atoms with Gasteiger partial charge in [-0.05, 0) is 50.1 Å². The number of hydrogen-bond acceptors (Lipinski definition) is 7. The van der Waals surface area contributed by atoms with Gasteiger partial charge in [0, 0.05) is 12.6 Å². The molecule has 32 heavy (non-hydrogen) atoms. The first kappa shape index (κ1) is 23.5. The molecular formula is C23H28N4O4S. The molecule has 0 aliphatic rings. The Hall–Kier alpha value is -3.20. The average Bonchev–Trinajstić information content (AvgIpc) is 3.20. The monoisotopic (exact) mass is 456 g/mol. The van der Waals surface area contributed by atoms with E-state index in [4.69, 9.17) is 14.2 Å². The number of ether oxygens (including phenoxy) is 3. The first-order valence-electron chi connectivity index (χ1n) is 10.2. The summed E-state index contributed by atoms with van der Waals surface area (Å²) in [7, 11) is 3.13. The number of nitrogens with one attached hydrogen (secondary N) is 1. The molecule has 3 aromatic rings. The van der Waals surface area contributed by atoms with E-state index in [1.165, 1.54) is 17.3 Å². The summed E-state index contributed by atoms with van der Waals surface area (Å²) in [6, 6.07) is 11.2. The molecule has 9 heteroatoms. The quantitative estimate of drug-likeness (QED) is 0.457. The summed E-state index contributed by atoms with van der Waals surface area (Å²) in [5, 5.41) is 12.0. The predicted octanol–water partition coefficient (Wildman–Crippen LogP) is 4.24. The van der Waals surface area contributed by atoms with E-state index in [0.29, 0.717) is 41.3 Å². The number of aryl methyl sites for hydroxylation is 1. The molecule has 0 unspecified atom stereocenters. The van der Waals surface area contributed by atoms with Gasteiger partial charge in [-0.1, -0.05) is 23.9 Å². The van der Waals surface area contributed by atoms with E-state index < -0.39 is 0 Å². The van der Waals surface area contributed by atoms with Gasteiger partial charge in [-0.25, -0.2) is 0 Å². The van der Waals surface area contributed by atoms with Crippen LogP contribution >= 0.6 is 11.8 Å². The van der Waals surface area contributed by atoms with Crippen LogP contribution in [0.2, 0.25) is 0 Å². The Morgan fingerprint density at radius 3 is 2.62 bits per heavy atom. The standard InChI is InChI=1S/C23H28N4O4S/c1-6-27-21(13-31-19-9-7-8-15(2)16(19)3)25-26-23(27)32-14-22(28)24-18-12-17(29-4)10-11-20(18)30-5/h7-12H,6,13-14H2,1-5H3,(H,24,28). The number of nitrogens with zero attached hydrogens (tertiary/aromatic N) is 3. The van der Waals surface area contributed by atoms with Gasteiger partial charge in [-0.15, -0.1) is 10.2 Å². The van der Waals surface area contributed by atoms with Crippen molar-refractivity contribution in [1.29, 1.82) is 0 Å². The lowest BCUT2D eigenvalue weighted by Crippen LogP contribution is -2.15. The second-order valence-corrected chi connectivity index (χ2v) is 7.98. The Balaban J connectivity index is 1.63. The third-order valence-corrected chi connectivity index (χ3v) is 6.00. The Bertz CT molecular complexity index is 1080. The zero-order valence-electron chi connectivity index (χ0n) is 19.0. The zero-order valence-corrected chi connectivity index (χ0v) is 19.8. The topological polar surface area (TPSA) is 87.5 Å². The van der Waals surface area contributed by atoms with Crippen molar-refractivity contribution in [1.82, 2.24) is 14.8 Å². The maximum absolute atomic E-state index is 12.5. The van der Waals surface area contributed by atoms with Crippen LogP contribution in [0.1, 0.15) is 23.9 Å². The van der Waals surface area contributed by atoms with Gasteiger partial charge in [-0.3, -0.25) is 4.79 Å². The number of amides is 1. The Kier molecular flexibility index (Phi) is 7.99. The zero-order chi connectivity index (χ0) is 23.1. The molecule has 0 fully saturated rings. The smallest absolute Gasteiger partial charge is 0.234 e. The molecule has 1 amide bonds. The normalized spacial score (nSPS) is 10.7. The maximum Gasteiger partial charge on any atom is 0.234 e. The fraction of sp³-hybridized carbons (Fsp3) is 0.348. The fourth-order valence-corrected chi connectivity index (χ4v) is 3.92. The summed E-state index contributed by atoms with van der Waals surface area (Å²) in [6.45, 7) is 7.07. The molecule has 8 nitrogen and oxygen atoms in total. The van der Waals surface area contributed by atoms with Crippen molar-refractivity contribution < 1.29 is 19.0 Å². The average molecular weight is 457 g/mol.